The van der Waals surface area contributed by atoms with E-state index in [4.69, 9.17) is 21.1 Å². The number of ketones is 1. The fraction of sp³-hybridized carbons (Fsp3) is 0.0690. The molecule has 7 nitrogen and oxygen atoms in total. The number of fused-ring (bicyclic) bond motifs is 2. The number of hydrogen-bond donors (Lipinski definition) is 1. The normalized spacial score (nSPS) is 11.8. The SMILES string of the molecule is COc1ccc(/C=C/C(=O)c2ccc3c(c2)Nc2ccccc2S3)cc1COc1ccc([N+](=O)[O-])cc1Cl. The summed E-state index contributed by atoms with van der Waals surface area (Å²) >= 11 is 7.81. The van der Waals surface area contributed by atoms with Crippen LogP contribution in [0.15, 0.2) is 94.7 Å². The molecule has 38 heavy (non-hydrogen) atoms. The van der Waals surface area contributed by atoms with Crippen LogP contribution in [0.1, 0.15) is 21.5 Å². The van der Waals surface area contributed by atoms with Crippen molar-refractivity contribution in [1.82, 2.24) is 0 Å². The first-order valence-corrected chi connectivity index (χ1v) is 12.7. The van der Waals surface area contributed by atoms with Crippen LogP contribution in [0.3, 0.4) is 0 Å². The topological polar surface area (TPSA) is 90.7 Å². The number of nitro benzene ring substituents is 1. The molecule has 190 valence electrons. The van der Waals surface area contributed by atoms with Gasteiger partial charge in [-0.1, -0.05) is 47.6 Å². The van der Waals surface area contributed by atoms with Gasteiger partial charge in [-0.05, 0) is 60.2 Å². The molecule has 0 fully saturated rings. The summed E-state index contributed by atoms with van der Waals surface area (Å²) in [5, 5.41) is 14.5. The maximum Gasteiger partial charge on any atom is 0.271 e. The van der Waals surface area contributed by atoms with Crippen molar-refractivity contribution in [1.29, 1.82) is 0 Å². The van der Waals surface area contributed by atoms with Gasteiger partial charge >= 0.3 is 0 Å². The smallest absolute Gasteiger partial charge is 0.271 e. The second-order valence-corrected chi connectivity index (χ2v) is 9.85. The number of carbonyl (C=O) groups excluding carboxylic acids is 1. The van der Waals surface area contributed by atoms with Crippen molar-refractivity contribution in [2.24, 2.45) is 0 Å². The average Bonchev–Trinajstić information content (AvgIpc) is 2.93. The molecule has 1 heterocycles. The van der Waals surface area contributed by atoms with Gasteiger partial charge in [-0.2, -0.15) is 0 Å². The summed E-state index contributed by atoms with van der Waals surface area (Å²) < 4.78 is 11.2. The number of methoxy groups -OCH3 is 1. The molecule has 1 N–H and O–H groups in total. The molecule has 1 aliphatic heterocycles. The molecule has 0 amide bonds. The van der Waals surface area contributed by atoms with Crippen molar-refractivity contribution in [2.45, 2.75) is 16.4 Å². The Morgan fingerprint density at radius 3 is 2.58 bits per heavy atom. The zero-order valence-electron chi connectivity index (χ0n) is 20.1. The first-order valence-electron chi connectivity index (χ1n) is 11.6. The van der Waals surface area contributed by atoms with E-state index in [2.05, 4.69) is 11.4 Å². The van der Waals surface area contributed by atoms with E-state index in [1.54, 1.807) is 31.0 Å². The Balaban J connectivity index is 1.30. The number of rotatable bonds is 8. The Morgan fingerprint density at radius 1 is 1.00 bits per heavy atom. The Kier molecular flexibility index (Phi) is 7.35. The van der Waals surface area contributed by atoms with Crippen LogP contribution in [0.4, 0.5) is 17.1 Å². The molecule has 0 saturated heterocycles. The number of benzene rings is 4. The summed E-state index contributed by atoms with van der Waals surface area (Å²) in [6.45, 7) is 0.117. The van der Waals surface area contributed by atoms with Gasteiger partial charge in [0.05, 0.1) is 28.4 Å². The molecule has 4 aromatic rings. The van der Waals surface area contributed by atoms with Crippen LogP contribution in [-0.2, 0) is 6.61 Å². The minimum absolute atomic E-state index is 0.116. The van der Waals surface area contributed by atoms with E-state index in [1.807, 2.05) is 48.5 Å². The van der Waals surface area contributed by atoms with Crippen LogP contribution in [0.25, 0.3) is 6.08 Å². The first-order chi connectivity index (χ1) is 18.4. The lowest BCUT2D eigenvalue weighted by Gasteiger charge is -2.20. The number of hydrogen-bond acceptors (Lipinski definition) is 7. The van der Waals surface area contributed by atoms with Crippen molar-refractivity contribution in [3.63, 3.8) is 0 Å². The third kappa shape index (κ3) is 5.51. The Labute approximate surface area is 228 Å². The van der Waals surface area contributed by atoms with Crippen LogP contribution >= 0.6 is 23.4 Å². The van der Waals surface area contributed by atoms with Crippen LogP contribution in [-0.4, -0.2) is 17.8 Å². The van der Waals surface area contributed by atoms with E-state index >= 15 is 0 Å². The van der Waals surface area contributed by atoms with Gasteiger partial charge < -0.3 is 14.8 Å². The van der Waals surface area contributed by atoms with Gasteiger partial charge in [-0.25, -0.2) is 0 Å². The maximum atomic E-state index is 12.9. The molecular weight excluding hydrogens is 524 g/mol. The summed E-state index contributed by atoms with van der Waals surface area (Å²) in [5.74, 6) is 0.798. The highest BCUT2D eigenvalue weighted by atomic mass is 35.5. The molecule has 0 bridgehead atoms. The van der Waals surface area contributed by atoms with Crippen molar-refractivity contribution in [3.05, 3.63) is 117 Å². The molecular formula is C29H21ClN2O5S. The summed E-state index contributed by atoms with van der Waals surface area (Å²) in [4.78, 5) is 25.6. The lowest BCUT2D eigenvalue weighted by atomic mass is 10.1. The highest BCUT2D eigenvalue weighted by Crippen LogP contribution is 2.44. The van der Waals surface area contributed by atoms with Crippen molar-refractivity contribution in [2.75, 3.05) is 12.4 Å². The number of para-hydroxylation sites is 1. The van der Waals surface area contributed by atoms with Crippen molar-refractivity contribution < 1.29 is 19.2 Å². The Morgan fingerprint density at radius 2 is 1.79 bits per heavy atom. The van der Waals surface area contributed by atoms with Gasteiger partial charge in [-0.15, -0.1) is 0 Å². The number of allylic oxidation sites excluding steroid dienone is 1. The summed E-state index contributed by atoms with van der Waals surface area (Å²) in [7, 11) is 1.55. The van der Waals surface area contributed by atoms with E-state index < -0.39 is 4.92 Å². The Hall–Kier alpha value is -4.27. The van der Waals surface area contributed by atoms with Gasteiger partial charge in [0.1, 0.15) is 18.1 Å². The maximum absolute atomic E-state index is 12.9. The summed E-state index contributed by atoms with van der Waals surface area (Å²) in [6, 6.07) is 23.2. The fourth-order valence-corrected chi connectivity index (χ4v) is 5.15. The second kappa shape index (κ2) is 11.0. The molecule has 0 atom stereocenters. The van der Waals surface area contributed by atoms with Gasteiger partial charge in [-0.3, -0.25) is 14.9 Å². The van der Waals surface area contributed by atoms with Crippen LogP contribution in [0.5, 0.6) is 11.5 Å². The van der Waals surface area contributed by atoms with Gasteiger partial charge in [0.2, 0.25) is 0 Å². The third-order valence-corrected chi connectivity index (χ3v) is 7.33. The van der Waals surface area contributed by atoms with Crippen LogP contribution in [0.2, 0.25) is 5.02 Å². The van der Waals surface area contributed by atoms with Gasteiger partial charge in [0.15, 0.2) is 5.78 Å². The first kappa shape index (κ1) is 25.4. The number of ether oxygens (including phenoxy) is 2. The highest BCUT2D eigenvalue weighted by molar-refractivity contribution is 7.99. The standard InChI is InChI=1S/C29H21ClN2O5S/c1-36-26-11-7-18(14-20(26)17-37-27-12-9-21(32(34)35)16-22(27)30)6-10-25(33)19-8-13-29-24(15-19)31-23-4-2-3-5-28(23)38-29/h2-16,31H,17H2,1H3/b10-6+. The lowest BCUT2D eigenvalue weighted by Crippen LogP contribution is -2.02. The molecule has 5 rings (SSSR count). The zero-order valence-corrected chi connectivity index (χ0v) is 21.7. The van der Waals surface area contributed by atoms with Gasteiger partial charge in [0.25, 0.3) is 5.69 Å². The monoisotopic (exact) mass is 544 g/mol. The lowest BCUT2D eigenvalue weighted by molar-refractivity contribution is -0.384. The van der Waals surface area contributed by atoms with E-state index in [0.29, 0.717) is 17.1 Å². The van der Waals surface area contributed by atoms with Crippen LogP contribution in [0, 0.1) is 10.1 Å². The molecule has 4 aromatic carbocycles. The van der Waals surface area contributed by atoms with E-state index in [1.165, 1.54) is 24.3 Å². The molecule has 1 aliphatic rings. The number of halogens is 1. The number of carbonyl (C=O) groups is 1. The largest absolute Gasteiger partial charge is 0.496 e. The number of non-ortho nitro benzene ring substituents is 1. The number of nitrogens with one attached hydrogen (secondary N) is 1. The van der Waals surface area contributed by atoms with Crippen LogP contribution < -0.4 is 14.8 Å². The molecule has 0 aliphatic carbocycles. The quantitative estimate of drug-likeness (QED) is 0.0917. The van der Waals surface area contributed by atoms with E-state index in [0.717, 1.165) is 32.3 Å². The second-order valence-electron chi connectivity index (χ2n) is 8.36. The van der Waals surface area contributed by atoms with E-state index in [-0.39, 0.29) is 23.1 Å². The van der Waals surface area contributed by atoms with Crippen molar-refractivity contribution >= 4 is 52.3 Å². The molecule has 0 aromatic heterocycles. The van der Waals surface area contributed by atoms with E-state index in [9.17, 15) is 14.9 Å². The average molecular weight is 545 g/mol. The molecule has 0 radical (unpaired) electrons. The summed E-state index contributed by atoms with van der Waals surface area (Å²) in [6.07, 6.45) is 3.27. The zero-order chi connectivity index (χ0) is 26.6. The minimum atomic E-state index is -0.519. The van der Waals surface area contributed by atoms with Crippen molar-refractivity contribution in [3.8, 4) is 11.5 Å². The summed E-state index contributed by atoms with van der Waals surface area (Å²) in [5.41, 5.74) is 3.90. The number of nitro groups is 1. The third-order valence-electron chi connectivity index (χ3n) is 5.88. The molecule has 0 unspecified atom stereocenters. The predicted molar refractivity (Wildman–Crippen MR) is 149 cm³/mol. The van der Waals surface area contributed by atoms with Gasteiger partial charge in [0, 0.05) is 33.1 Å². The Bertz CT molecular complexity index is 1590. The molecule has 9 heteroatoms. The highest BCUT2D eigenvalue weighted by Gasteiger charge is 2.17. The number of nitrogens with zero attached hydrogens (tertiary/aromatic N) is 1. The predicted octanol–water partition coefficient (Wildman–Crippen LogP) is 7.94. The minimum Gasteiger partial charge on any atom is -0.496 e. The fourth-order valence-electron chi connectivity index (χ4n) is 3.95. The molecule has 0 saturated carbocycles. The number of anilines is 2. The molecule has 0 spiro atoms.